The molecule has 2 rings (SSSR count). The van der Waals surface area contributed by atoms with E-state index in [1.165, 1.54) is 0 Å². The summed E-state index contributed by atoms with van der Waals surface area (Å²) >= 11 is 0. The molecular weight excluding hydrogens is 421 g/mol. The van der Waals surface area contributed by atoms with E-state index >= 15 is 0 Å². The van der Waals surface area contributed by atoms with Crippen LogP contribution in [0.15, 0.2) is 24.3 Å². The topological polar surface area (TPSA) is 40.2 Å². The highest BCUT2D eigenvalue weighted by Gasteiger charge is 2.32. The Morgan fingerprint density at radius 2 is 0.938 bits per heavy atom. The summed E-state index contributed by atoms with van der Waals surface area (Å²) in [6.45, 7) is 13.1. The average molecular weight is 462 g/mol. The van der Waals surface area contributed by atoms with Crippen LogP contribution in [0, 0.1) is 0 Å². The molecule has 0 unspecified atom stereocenters. The zero-order chi connectivity index (χ0) is 24.4. The lowest BCUT2D eigenvalue weighted by atomic mass is 9.86. The van der Waals surface area contributed by atoms with Gasteiger partial charge < -0.3 is 18.9 Å². The third kappa shape index (κ3) is 5.32. The van der Waals surface area contributed by atoms with Gasteiger partial charge in [0.2, 0.25) is 0 Å². The molecule has 0 aliphatic carbocycles. The smallest absolute Gasteiger partial charge is 0.132 e. The van der Waals surface area contributed by atoms with Crippen molar-refractivity contribution in [2.24, 2.45) is 0 Å². The Kier molecular flexibility index (Phi) is 8.12. The first-order valence-electron chi connectivity index (χ1n) is 10.8. The number of hydrogen-bond acceptors (Lipinski definition) is 5. The Hall–Kier alpha value is -1.97. The molecule has 0 heterocycles. The van der Waals surface area contributed by atoms with Crippen LogP contribution in [0.2, 0.25) is 0 Å². The van der Waals surface area contributed by atoms with Gasteiger partial charge in [0, 0.05) is 29.8 Å². The second kappa shape index (κ2) is 9.89. The third-order valence-electron chi connectivity index (χ3n) is 5.44. The molecule has 5 nitrogen and oxygen atoms in total. The van der Waals surface area contributed by atoms with Crippen molar-refractivity contribution < 1.29 is 18.9 Å². The Bertz CT molecular complexity index is 869. The Balaban J connectivity index is 2.99. The Labute approximate surface area is 195 Å². The first-order valence-corrected chi connectivity index (χ1v) is 12.1. The lowest BCUT2D eigenvalue weighted by molar-refractivity contribution is 0.390. The molecule has 32 heavy (non-hydrogen) atoms. The van der Waals surface area contributed by atoms with E-state index in [-0.39, 0.29) is 10.8 Å². The highest BCUT2D eigenvalue weighted by Crippen LogP contribution is 2.48. The van der Waals surface area contributed by atoms with E-state index in [1.807, 2.05) is 0 Å². The largest absolute Gasteiger partial charge is 0.497 e. The van der Waals surface area contributed by atoms with Crippen LogP contribution in [0.3, 0.4) is 0 Å². The molecule has 0 fully saturated rings. The van der Waals surface area contributed by atoms with Gasteiger partial charge in [-0.1, -0.05) is 41.5 Å². The summed E-state index contributed by atoms with van der Waals surface area (Å²) in [5.74, 6) is 3.41. The summed E-state index contributed by atoms with van der Waals surface area (Å²) in [5.41, 5.74) is 2.00. The van der Waals surface area contributed by atoms with Gasteiger partial charge in [0.15, 0.2) is 0 Å². The minimum Gasteiger partial charge on any atom is -0.497 e. The van der Waals surface area contributed by atoms with Crippen molar-refractivity contribution >= 4 is 18.7 Å². The molecule has 2 aromatic rings. The lowest BCUT2D eigenvalue weighted by Crippen LogP contribution is -2.29. The summed E-state index contributed by atoms with van der Waals surface area (Å²) in [5, 5.41) is 2.17. The zero-order valence-electron chi connectivity index (χ0n) is 21.8. The van der Waals surface area contributed by atoms with Crippen molar-refractivity contribution in [3.8, 4) is 23.0 Å². The molecule has 0 aliphatic rings. The van der Waals surface area contributed by atoms with E-state index in [0.717, 1.165) is 44.7 Å². The number of benzene rings is 2. The van der Waals surface area contributed by atoms with E-state index in [1.54, 1.807) is 28.4 Å². The number of rotatable bonds is 7. The van der Waals surface area contributed by atoms with Crippen LogP contribution in [0.4, 0.5) is 0 Å². The molecule has 178 valence electrons. The number of nitrogens with zero attached hydrogens (tertiary/aromatic N) is 1. The molecule has 0 amide bonds. The maximum absolute atomic E-state index is 6.04. The normalized spacial score (nSPS) is 12.3. The second-order valence-electron chi connectivity index (χ2n) is 10.1. The van der Waals surface area contributed by atoms with Crippen LogP contribution in [-0.2, 0) is 10.8 Å². The molecule has 0 bridgehead atoms. The molecule has 0 atom stereocenters. The summed E-state index contributed by atoms with van der Waals surface area (Å²) in [6.07, 6.45) is 0. The van der Waals surface area contributed by atoms with Gasteiger partial charge in [-0.05, 0) is 49.2 Å². The first kappa shape index (κ1) is 26.3. The molecule has 0 aromatic heterocycles. The average Bonchev–Trinajstić information content (AvgIpc) is 2.70. The molecule has 6 heteroatoms. The van der Waals surface area contributed by atoms with E-state index in [4.69, 9.17) is 18.9 Å². The molecule has 0 radical (unpaired) electrons. The fourth-order valence-electron chi connectivity index (χ4n) is 3.83. The van der Waals surface area contributed by atoms with Crippen molar-refractivity contribution in [3.05, 3.63) is 35.4 Å². The van der Waals surface area contributed by atoms with Gasteiger partial charge in [0.1, 0.15) is 23.0 Å². The molecule has 2 aromatic carbocycles. The maximum atomic E-state index is 6.04. The SMILES string of the molecule is COc1cc(P(c2cc(OC)cc(C(C)(C)C)c2OC)N(C)C)c(OC)c(C(C)(C)C)c1. The minimum absolute atomic E-state index is 0.114. The van der Waals surface area contributed by atoms with Crippen LogP contribution in [-0.4, -0.2) is 47.2 Å². The van der Waals surface area contributed by atoms with Crippen LogP contribution >= 0.6 is 8.07 Å². The summed E-state index contributed by atoms with van der Waals surface area (Å²) in [7, 11) is 10.1. The quantitative estimate of drug-likeness (QED) is 0.529. The van der Waals surface area contributed by atoms with Crippen LogP contribution in [0.5, 0.6) is 23.0 Å². The molecule has 0 N–H and O–H groups in total. The lowest BCUT2D eigenvalue weighted by Gasteiger charge is -2.33. The van der Waals surface area contributed by atoms with E-state index in [0.29, 0.717) is 0 Å². The minimum atomic E-state index is -1.01. The monoisotopic (exact) mass is 461 g/mol. The van der Waals surface area contributed by atoms with Crippen molar-refractivity contribution in [3.63, 3.8) is 0 Å². The van der Waals surface area contributed by atoms with Gasteiger partial charge in [-0.15, -0.1) is 0 Å². The van der Waals surface area contributed by atoms with Gasteiger partial charge in [0.05, 0.1) is 28.4 Å². The van der Waals surface area contributed by atoms with Gasteiger partial charge >= 0.3 is 0 Å². The molecule has 0 saturated heterocycles. The number of ether oxygens (including phenoxy) is 4. The standard InChI is InChI=1S/C26H40NO4P/c1-25(2,3)19-13-17(28-9)15-21(23(19)30-11)32(27(7)8)22-16-18(29-10)14-20(24(22)31-12)26(4,5)6/h13-16H,1-12H3. The van der Waals surface area contributed by atoms with E-state index in [2.05, 4.69) is 84.6 Å². The predicted molar refractivity (Wildman–Crippen MR) is 136 cm³/mol. The van der Waals surface area contributed by atoms with E-state index < -0.39 is 8.07 Å². The highest BCUT2D eigenvalue weighted by molar-refractivity contribution is 7.71. The van der Waals surface area contributed by atoms with Crippen LogP contribution in [0.25, 0.3) is 0 Å². The Morgan fingerprint density at radius 3 is 1.16 bits per heavy atom. The van der Waals surface area contributed by atoms with Crippen molar-refractivity contribution in [1.29, 1.82) is 0 Å². The summed E-state index contributed by atoms with van der Waals surface area (Å²) in [4.78, 5) is 0. The number of methoxy groups -OCH3 is 4. The molecule has 0 spiro atoms. The van der Waals surface area contributed by atoms with Crippen molar-refractivity contribution in [2.45, 2.75) is 52.4 Å². The van der Waals surface area contributed by atoms with Gasteiger partial charge in [-0.3, -0.25) is 4.67 Å². The Morgan fingerprint density at radius 1 is 0.594 bits per heavy atom. The van der Waals surface area contributed by atoms with Crippen LogP contribution < -0.4 is 29.6 Å². The molecule has 0 aliphatic heterocycles. The zero-order valence-corrected chi connectivity index (χ0v) is 22.7. The predicted octanol–water partition coefficient (Wildman–Crippen LogP) is 5.23. The maximum Gasteiger partial charge on any atom is 0.132 e. The first-order chi connectivity index (χ1) is 14.8. The van der Waals surface area contributed by atoms with Gasteiger partial charge in [-0.2, -0.15) is 0 Å². The van der Waals surface area contributed by atoms with Crippen molar-refractivity contribution in [1.82, 2.24) is 4.67 Å². The van der Waals surface area contributed by atoms with Gasteiger partial charge in [0.25, 0.3) is 0 Å². The number of hydrogen-bond donors (Lipinski definition) is 0. The molecule has 0 saturated carbocycles. The van der Waals surface area contributed by atoms with Crippen molar-refractivity contribution in [2.75, 3.05) is 42.5 Å². The van der Waals surface area contributed by atoms with Crippen LogP contribution in [0.1, 0.15) is 52.7 Å². The fraction of sp³-hybridized carbons (Fsp3) is 0.538. The highest BCUT2D eigenvalue weighted by atomic mass is 31.1. The molecular formula is C26H40NO4P. The second-order valence-corrected chi connectivity index (χ2v) is 12.5. The van der Waals surface area contributed by atoms with Gasteiger partial charge in [-0.25, -0.2) is 0 Å². The summed E-state index contributed by atoms with van der Waals surface area (Å²) < 4.78 is 25.8. The third-order valence-corrected chi connectivity index (χ3v) is 7.81. The van der Waals surface area contributed by atoms with E-state index in [9.17, 15) is 0 Å². The summed E-state index contributed by atoms with van der Waals surface area (Å²) in [6, 6.07) is 8.34. The fourth-order valence-corrected chi connectivity index (χ4v) is 6.26.